The summed E-state index contributed by atoms with van der Waals surface area (Å²) in [5.41, 5.74) is 9.83. The van der Waals surface area contributed by atoms with Gasteiger partial charge in [-0.15, -0.1) is 0 Å². The van der Waals surface area contributed by atoms with Crippen LogP contribution in [-0.2, 0) is 10.0 Å². The molecule has 1 aliphatic heterocycles. The number of aromatic nitrogens is 1. The van der Waals surface area contributed by atoms with Crippen LogP contribution in [0.5, 0.6) is 0 Å². The molecule has 170 valence electrons. The highest BCUT2D eigenvalue weighted by molar-refractivity contribution is 7.89. The molecule has 1 fully saturated rings. The first-order valence-corrected chi connectivity index (χ1v) is 12.3. The first kappa shape index (κ1) is 22.5. The number of carbonyl (C=O) groups is 1. The Morgan fingerprint density at radius 1 is 1.19 bits per heavy atom. The van der Waals surface area contributed by atoms with Crippen LogP contribution in [-0.4, -0.2) is 66.3 Å². The largest absolute Gasteiger partial charge is 0.366 e. The smallest absolute Gasteiger partial charge is 0.250 e. The van der Waals surface area contributed by atoms with Crippen molar-refractivity contribution < 1.29 is 18.4 Å². The molecule has 1 aliphatic rings. The number of sulfonamides is 1. The Hall–Kier alpha value is -2.72. The fraction of sp³-hybridized carbons (Fsp3) is 0.348. The van der Waals surface area contributed by atoms with Gasteiger partial charge in [-0.05, 0) is 47.6 Å². The number of benzene rings is 2. The zero-order valence-electron chi connectivity index (χ0n) is 18.0. The Labute approximate surface area is 187 Å². The highest BCUT2D eigenvalue weighted by Gasteiger charge is 2.30. The van der Waals surface area contributed by atoms with E-state index in [-0.39, 0.29) is 18.2 Å². The van der Waals surface area contributed by atoms with Gasteiger partial charge in [0.05, 0.1) is 16.8 Å². The molecule has 0 unspecified atom stereocenters. The van der Waals surface area contributed by atoms with Crippen molar-refractivity contribution in [3.05, 3.63) is 59.8 Å². The second-order valence-electron chi connectivity index (χ2n) is 8.29. The van der Waals surface area contributed by atoms with Crippen molar-refractivity contribution in [3.63, 3.8) is 0 Å². The van der Waals surface area contributed by atoms with E-state index in [1.54, 1.807) is 0 Å². The van der Waals surface area contributed by atoms with E-state index in [1.165, 1.54) is 11.4 Å². The van der Waals surface area contributed by atoms with Crippen molar-refractivity contribution in [1.82, 2.24) is 14.4 Å². The monoisotopic (exact) mass is 456 g/mol. The van der Waals surface area contributed by atoms with Gasteiger partial charge in [0.1, 0.15) is 0 Å². The van der Waals surface area contributed by atoms with E-state index in [1.807, 2.05) is 42.6 Å². The third kappa shape index (κ3) is 4.56. The molecule has 2 aromatic carbocycles. The number of hydroxylamine groups is 2. The van der Waals surface area contributed by atoms with E-state index < -0.39 is 15.9 Å². The zero-order valence-corrected chi connectivity index (χ0v) is 18.8. The van der Waals surface area contributed by atoms with Gasteiger partial charge < -0.3 is 15.9 Å². The normalized spacial score (nSPS) is 16.1. The lowest BCUT2D eigenvalue weighted by Gasteiger charge is -2.31. The lowest BCUT2D eigenvalue weighted by Crippen LogP contribution is -2.41. The molecular weight excluding hydrogens is 428 g/mol. The fourth-order valence-electron chi connectivity index (χ4n) is 4.40. The Morgan fingerprint density at radius 2 is 1.88 bits per heavy atom. The average molecular weight is 457 g/mol. The summed E-state index contributed by atoms with van der Waals surface area (Å²) in [5.74, 6) is -0.432. The topological polar surface area (TPSA) is 120 Å². The summed E-state index contributed by atoms with van der Waals surface area (Å²) in [5, 5.41) is 11.1. The van der Waals surface area contributed by atoms with Gasteiger partial charge in [0, 0.05) is 38.3 Å². The highest BCUT2D eigenvalue weighted by atomic mass is 32.2. The van der Waals surface area contributed by atoms with Crippen LogP contribution >= 0.6 is 0 Å². The van der Waals surface area contributed by atoms with E-state index in [9.17, 15) is 18.4 Å². The summed E-state index contributed by atoms with van der Waals surface area (Å²) >= 11 is 0. The number of amides is 1. The molecule has 2 heterocycles. The molecule has 0 spiro atoms. The molecule has 0 aliphatic carbocycles. The van der Waals surface area contributed by atoms with Crippen LogP contribution in [0.3, 0.4) is 0 Å². The predicted octanol–water partition coefficient (Wildman–Crippen LogP) is 2.76. The number of carbonyl (C=O) groups excluding carboxylic acids is 1. The minimum absolute atomic E-state index is 0.0723. The van der Waals surface area contributed by atoms with E-state index in [2.05, 4.69) is 11.1 Å². The third-order valence-electron chi connectivity index (χ3n) is 6.15. The van der Waals surface area contributed by atoms with Crippen LogP contribution in [0.2, 0.25) is 0 Å². The summed E-state index contributed by atoms with van der Waals surface area (Å²) in [6, 6.07) is 13.7. The van der Waals surface area contributed by atoms with Gasteiger partial charge in [-0.3, -0.25) is 4.79 Å². The quantitative estimate of drug-likeness (QED) is 0.472. The molecule has 4 N–H and O–H groups in total. The second-order valence-corrected chi connectivity index (χ2v) is 10.4. The maximum Gasteiger partial charge on any atom is 0.250 e. The number of nitrogens with zero attached hydrogens (tertiary/aromatic N) is 2. The van der Waals surface area contributed by atoms with Crippen LogP contribution < -0.4 is 5.73 Å². The summed E-state index contributed by atoms with van der Waals surface area (Å²) in [7, 11) is -1.98. The summed E-state index contributed by atoms with van der Waals surface area (Å²) < 4.78 is 26.6. The van der Waals surface area contributed by atoms with Gasteiger partial charge in [0.15, 0.2) is 0 Å². The molecule has 1 saturated heterocycles. The maximum absolute atomic E-state index is 12.5. The molecule has 0 saturated carbocycles. The Morgan fingerprint density at radius 3 is 2.50 bits per heavy atom. The molecule has 0 atom stereocenters. The minimum Gasteiger partial charge on any atom is -0.366 e. The number of nitrogens with two attached hydrogens (primary N) is 1. The molecule has 32 heavy (non-hydrogen) atoms. The Kier molecular flexibility index (Phi) is 6.34. The van der Waals surface area contributed by atoms with Crippen LogP contribution in [0.1, 0.15) is 34.7 Å². The molecule has 9 heteroatoms. The number of fused-ring (bicyclic) bond motifs is 1. The molecule has 0 radical (unpaired) electrons. The molecule has 1 amide bonds. The average Bonchev–Trinajstić information content (AvgIpc) is 3.21. The first-order valence-electron chi connectivity index (χ1n) is 10.6. The van der Waals surface area contributed by atoms with Crippen molar-refractivity contribution in [2.45, 2.75) is 18.8 Å². The number of hydrogen-bond donors (Lipinski definition) is 3. The van der Waals surface area contributed by atoms with Gasteiger partial charge in [-0.2, -0.15) is 5.06 Å². The number of hydrogen-bond acceptors (Lipinski definition) is 5. The number of piperidine rings is 1. The van der Waals surface area contributed by atoms with E-state index in [0.29, 0.717) is 37.0 Å². The molecule has 1 aromatic heterocycles. The van der Waals surface area contributed by atoms with Crippen molar-refractivity contribution in [2.24, 2.45) is 5.73 Å². The maximum atomic E-state index is 12.5. The van der Waals surface area contributed by atoms with Gasteiger partial charge >= 0.3 is 0 Å². The minimum atomic E-state index is -3.41. The standard InChI is InChI=1S/C23H28N4O4S/c1-26(29)11-12-32(30,31)27-9-7-17(8-10-27)21-15-25-22-19(21)13-18(14-20(22)23(24)28)16-5-3-2-4-6-16/h2-6,13-15,17,25,29H,7-12H2,1H3,(H2,24,28). The first-order chi connectivity index (χ1) is 15.3. The lowest BCUT2D eigenvalue weighted by atomic mass is 9.88. The predicted molar refractivity (Wildman–Crippen MR) is 124 cm³/mol. The van der Waals surface area contributed by atoms with Crippen LogP contribution in [0, 0.1) is 0 Å². The zero-order chi connectivity index (χ0) is 22.9. The number of nitrogens with one attached hydrogen (secondary N) is 1. The third-order valence-corrected chi connectivity index (χ3v) is 8.00. The molecule has 4 rings (SSSR count). The van der Waals surface area contributed by atoms with Crippen LogP contribution in [0.4, 0.5) is 0 Å². The van der Waals surface area contributed by atoms with Gasteiger partial charge in [0.25, 0.3) is 5.91 Å². The lowest BCUT2D eigenvalue weighted by molar-refractivity contribution is -0.0590. The number of primary amides is 1. The number of H-pyrrole nitrogens is 1. The van der Waals surface area contributed by atoms with Crippen molar-refractivity contribution in [1.29, 1.82) is 0 Å². The summed E-state index contributed by atoms with van der Waals surface area (Å²) in [6.45, 7) is 0.925. The van der Waals surface area contributed by atoms with Crippen LogP contribution in [0.15, 0.2) is 48.7 Å². The van der Waals surface area contributed by atoms with Gasteiger partial charge in [-0.1, -0.05) is 30.3 Å². The number of rotatable bonds is 7. The highest BCUT2D eigenvalue weighted by Crippen LogP contribution is 2.37. The molecule has 8 nitrogen and oxygen atoms in total. The van der Waals surface area contributed by atoms with Crippen molar-refractivity contribution in [2.75, 3.05) is 32.4 Å². The van der Waals surface area contributed by atoms with E-state index in [0.717, 1.165) is 27.1 Å². The van der Waals surface area contributed by atoms with Crippen LogP contribution in [0.25, 0.3) is 22.0 Å². The van der Waals surface area contributed by atoms with Gasteiger partial charge in [-0.25, -0.2) is 12.7 Å². The van der Waals surface area contributed by atoms with Crippen molar-refractivity contribution >= 4 is 26.8 Å². The summed E-state index contributed by atoms with van der Waals surface area (Å²) in [4.78, 5) is 15.4. The Balaban J connectivity index is 1.62. The molecule has 0 bridgehead atoms. The molecule has 3 aromatic rings. The molecular formula is C23H28N4O4S. The van der Waals surface area contributed by atoms with Gasteiger partial charge in [0.2, 0.25) is 10.0 Å². The summed E-state index contributed by atoms with van der Waals surface area (Å²) in [6.07, 6.45) is 3.28. The fourth-order valence-corrected chi connectivity index (χ4v) is 5.92. The Bertz CT molecular complexity index is 1210. The van der Waals surface area contributed by atoms with Crippen molar-refractivity contribution in [3.8, 4) is 11.1 Å². The van der Waals surface area contributed by atoms with E-state index >= 15 is 0 Å². The number of aromatic amines is 1. The van der Waals surface area contributed by atoms with E-state index in [4.69, 9.17) is 5.73 Å². The SMILES string of the molecule is CN(O)CCS(=O)(=O)N1CCC(c2c[nH]c3c(C(N)=O)cc(-c4ccccc4)cc23)CC1. The second kappa shape index (κ2) is 9.03.